The smallest absolute Gasteiger partial charge is 0.346 e. The molecule has 1 N–H and O–H groups in total. The summed E-state index contributed by atoms with van der Waals surface area (Å²) in [6.45, 7) is 4.20. The number of amides is 1. The van der Waals surface area contributed by atoms with Gasteiger partial charge in [-0.05, 0) is 50.9 Å². The monoisotopic (exact) mass is 397 g/mol. The molecule has 2 atom stereocenters. The van der Waals surface area contributed by atoms with Crippen molar-refractivity contribution in [2.75, 3.05) is 13.1 Å². The van der Waals surface area contributed by atoms with Crippen molar-refractivity contribution >= 4 is 33.1 Å². The zero-order valence-corrected chi connectivity index (χ0v) is 15.4. The summed E-state index contributed by atoms with van der Waals surface area (Å²) in [5.74, 6) is -1.77. The predicted molar refractivity (Wildman–Crippen MR) is 95.0 cm³/mol. The van der Waals surface area contributed by atoms with Crippen LogP contribution in [-0.2, 0) is 0 Å². The SMILES string of the molecule is C[C@H]1[C@H](NC(=O)c2cc3sc(C(=O)C(F)(F)F)cc3cn2)C2CCN1CC2. The van der Waals surface area contributed by atoms with E-state index < -0.39 is 16.8 Å². The maximum absolute atomic E-state index is 12.6. The summed E-state index contributed by atoms with van der Waals surface area (Å²) in [5, 5.41) is 3.47. The number of nitrogens with zero attached hydrogens (tertiary/aromatic N) is 2. The van der Waals surface area contributed by atoms with E-state index in [1.54, 1.807) is 0 Å². The highest BCUT2D eigenvalue weighted by atomic mass is 32.1. The van der Waals surface area contributed by atoms with Gasteiger partial charge in [0.05, 0.1) is 4.88 Å². The van der Waals surface area contributed by atoms with Gasteiger partial charge in [-0.2, -0.15) is 13.2 Å². The number of fused-ring (bicyclic) bond motifs is 4. The first kappa shape index (κ1) is 18.4. The topological polar surface area (TPSA) is 62.3 Å². The minimum atomic E-state index is -4.92. The molecule has 3 fully saturated rings. The Labute approximate surface area is 157 Å². The zero-order valence-electron chi connectivity index (χ0n) is 14.5. The van der Waals surface area contributed by atoms with Crippen molar-refractivity contribution in [1.82, 2.24) is 15.2 Å². The fraction of sp³-hybridized carbons (Fsp3) is 0.500. The number of thiophene rings is 1. The molecule has 0 spiro atoms. The van der Waals surface area contributed by atoms with Crippen LogP contribution in [0.2, 0.25) is 0 Å². The fourth-order valence-electron chi connectivity index (χ4n) is 4.08. The lowest BCUT2D eigenvalue weighted by Gasteiger charge is -2.49. The summed E-state index contributed by atoms with van der Waals surface area (Å²) >= 11 is 0.725. The first-order valence-corrected chi connectivity index (χ1v) is 9.61. The van der Waals surface area contributed by atoms with Crippen molar-refractivity contribution in [3.05, 3.63) is 28.9 Å². The van der Waals surface area contributed by atoms with Gasteiger partial charge in [0.15, 0.2) is 0 Å². The number of halogens is 3. The van der Waals surface area contributed by atoms with Crippen molar-refractivity contribution in [1.29, 1.82) is 0 Å². The van der Waals surface area contributed by atoms with Crippen molar-refractivity contribution in [2.45, 2.75) is 38.0 Å². The maximum Gasteiger partial charge on any atom is 0.455 e. The van der Waals surface area contributed by atoms with Crippen LogP contribution in [0.4, 0.5) is 13.2 Å². The van der Waals surface area contributed by atoms with Gasteiger partial charge in [-0.3, -0.25) is 19.5 Å². The fourth-order valence-corrected chi connectivity index (χ4v) is 5.11. The van der Waals surface area contributed by atoms with Crippen molar-refractivity contribution in [3.63, 3.8) is 0 Å². The lowest BCUT2D eigenvalue weighted by molar-refractivity contribution is -0.0882. The van der Waals surface area contributed by atoms with Crippen LogP contribution in [0.25, 0.3) is 10.1 Å². The Morgan fingerprint density at radius 3 is 2.59 bits per heavy atom. The number of hydrogen-bond acceptors (Lipinski definition) is 5. The summed E-state index contributed by atoms with van der Waals surface area (Å²) in [7, 11) is 0. The molecule has 3 aliphatic rings. The van der Waals surface area contributed by atoms with Gasteiger partial charge in [0, 0.05) is 28.4 Å². The standard InChI is InChI=1S/C18H18F3N3O2S/c1-9-15(10-2-4-24(9)5-3-10)23-17(26)12-7-13-11(8-22-12)6-14(27-13)16(25)18(19,20)21/h6-10,15H,2-5H2,1H3,(H,23,26)/t9-,15-/m0/s1. The van der Waals surface area contributed by atoms with Crippen LogP contribution in [0, 0.1) is 5.92 Å². The molecule has 0 radical (unpaired) electrons. The molecule has 0 aromatic carbocycles. The third kappa shape index (κ3) is 3.34. The Hall–Kier alpha value is -2.00. The number of alkyl halides is 3. The lowest BCUT2D eigenvalue weighted by Crippen LogP contribution is -2.62. The minimum Gasteiger partial charge on any atom is -0.346 e. The van der Waals surface area contributed by atoms with E-state index in [4.69, 9.17) is 0 Å². The summed E-state index contributed by atoms with van der Waals surface area (Å²) in [5.41, 5.74) is 0.152. The van der Waals surface area contributed by atoms with E-state index in [1.165, 1.54) is 18.3 Å². The van der Waals surface area contributed by atoms with Gasteiger partial charge < -0.3 is 5.32 Å². The van der Waals surface area contributed by atoms with Gasteiger partial charge >= 0.3 is 6.18 Å². The molecule has 9 heteroatoms. The molecule has 1 amide bonds. The summed E-state index contributed by atoms with van der Waals surface area (Å²) in [4.78, 5) is 30.1. The summed E-state index contributed by atoms with van der Waals surface area (Å²) in [6.07, 6.45) is -1.47. The third-order valence-corrected chi connectivity index (χ3v) is 6.69. The second kappa shape index (κ2) is 6.56. The number of ketones is 1. The first-order valence-electron chi connectivity index (χ1n) is 8.80. The average molecular weight is 397 g/mol. The van der Waals surface area contributed by atoms with E-state index in [0.29, 0.717) is 16.0 Å². The molecule has 0 saturated carbocycles. The number of nitrogens with one attached hydrogen (secondary N) is 1. The van der Waals surface area contributed by atoms with Crippen LogP contribution in [0.1, 0.15) is 39.9 Å². The molecule has 3 saturated heterocycles. The number of rotatable bonds is 3. The highest BCUT2D eigenvalue weighted by Gasteiger charge is 2.41. The molecular formula is C18H18F3N3O2S. The van der Waals surface area contributed by atoms with E-state index in [-0.39, 0.29) is 23.7 Å². The molecule has 0 unspecified atom stereocenters. The van der Waals surface area contributed by atoms with Crippen molar-refractivity contribution in [3.8, 4) is 0 Å². The number of pyridine rings is 1. The average Bonchev–Trinajstić information content (AvgIpc) is 3.06. The largest absolute Gasteiger partial charge is 0.455 e. The normalized spacial score (nSPS) is 27.7. The Morgan fingerprint density at radius 2 is 1.96 bits per heavy atom. The van der Waals surface area contributed by atoms with Gasteiger partial charge in [-0.25, -0.2) is 0 Å². The van der Waals surface area contributed by atoms with Crippen LogP contribution in [0.5, 0.6) is 0 Å². The molecule has 2 aromatic heterocycles. The van der Waals surface area contributed by atoms with Gasteiger partial charge in [0.2, 0.25) is 0 Å². The van der Waals surface area contributed by atoms with Gasteiger partial charge in [-0.1, -0.05) is 0 Å². The quantitative estimate of drug-likeness (QED) is 0.808. The van der Waals surface area contributed by atoms with Crippen LogP contribution in [-0.4, -0.2) is 52.9 Å². The van der Waals surface area contributed by atoms with E-state index >= 15 is 0 Å². The molecule has 0 aliphatic carbocycles. The second-order valence-corrected chi connectivity index (χ2v) is 8.24. The van der Waals surface area contributed by atoms with E-state index in [0.717, 1.165) is 37.3 Å². The van der Waals surface area contributed by atoms with Gasteiger partial charge in [0.25, 0.3) is 11.7 Å². The van der Waals surface area contributed by atoms with Crippen LogP contribution in [0.3, 0.4) is 0 Å². The first-order chi connectivity index (χ1) is 12.7. The Balaban J connectivity index is 1.55. The van der Waals surface area contributed by atoms with Crippen LogP contribution >= 0.6 is 11.3 Å². The number of carbonyl (C=O) groups excluding carboxylic acids is 2. The second-order valence-electron chi connectivity index (χ2n) is 7.16. The lowest BCUT2D eigenvalue weighted by atomic mass is 9.79. The molecular weight excluding hydrogens is 379 g/mol. The summed E-state index contributed by atoms with van der Waals surface area (Å²) in [6, 6.07) is 2.92. The third-order valence-electron chi connectivity index (χ3n) is 5.59. The number of hydrogen-bond donors (Lipinski definition) is 1. The molecule has 5 rings (SSSR count). The van der Waals surface area contributed by atoms with Crippen molar-refractivity contribution < 1.29 is 22.8 Å². The van der Waals surface area contributed by atoms with E-state index in [1.807, 2.05) is 0 Å². The molecule has 144 valence electrons. The highest BCUT2D eigenvalue weighted by molar-refractivity contribution is 7.20. The number of Topliss-reactive ketones (excluding diaryl/α,β-unsaturated/α-hetero) is 1. The number of piperidine rings is 3. The molecule has 3 aliphatic heterocycles. The van der Waals surface area contributed by atoms with Crippen molar-refractivity contribution in [2.24, 2.45) is 5.92 Å². The molecule has 5 heterocycles. The molecule has 5 nitrogen and oxygen atoms in total. The predicted octanol–water partition coefficient (Wildman–Crippen LogP) is 3.25. The Kier molecular flexibility index (Phi) is 4.46. The number of aromatic nitrogens is 1. The van der Waals surface area contributed by atoms with Gasteiger partial charge in [-0.15, -0.1) is 11.3 Å². The van der Waals surface area contributed by atoms with E-state index in [2.05, 4.69) is 22.1 Å². The highest BCUT2D eigenvalue weighted by Crippen LogP contribution is 2.33. The minimum absolute atomic E-state index is 0.0446. The van der Waals surface area contributed by atoms with Gasteiger partial charge in [0.1, 0.15) is 5.69 Å². The maximum atomic E-state index is 12.6. The van der Waals surface area contributed by atoms with Crippen LogP contribution < -0.4 is 5.32 Å². The Bertz CT molecular complexity index is 901. The Morgan fingerprint density at radius 1 is 1.26 bits per heavy atom. The van der Waals surface area contributed by atoms with Crippen LogP contribution in [0.15, 0.2) is 18.3 Å². The number of carbonyl (C=O) groups is 2. The molecule has 27 heavy (non-hydrogen) atoms. The van der Waals surface area contributed by atoms with E-state index in [9.17, 15) is 22.8 Å². The summed E-state index contributed by atoms with van der Waals surface area (Å²) < 4.78 is 38.3. The molecule has 2 aromatic rings. The molecule has 2 bridgehead atoms. The zero-order chi connectivity index (χ0) is 19.3.